The van der Waals surface area contributed by atoms with Gasteiger partial charge in [-0.15, -0.1) is 0 Å². The second-order valence-electron chi connectivity index (χ2n) is 8.28. The van der Waals surface area contributed by atoms with Crippen molar-refractivity contribution in [1.82, 2.24) is 10.2 Å². The normalized spacial score (nSPS) is 15.2. The summed E-state index contributed by atoms with van der Waals surface area (Å²) in [5.74, 6) is -2.23. The van der Waals surface area contributed by atoms with Gasteiger partial charge < -0.3 is 10.4 Å². The zero-order valence-electron chi connectivity index (χ0n) is 19.0. The Labute approximate surface area is 202 Å². The van der Waals surface area contributed by atoms with E-state index < -0.39 is 28.8 Å². The van der Waals surface area contributed by atoms with Crippen molar-refractivity contribution in [3.8, 4) is 0 Å². The first-order valence-corrected chi connectivity index (χ1v) is 10.9. The number of nitrogens with one attached hydrogen (secondary N) is 1. The van der Waals surface area contributed by atoms with Gasteiger partial charge in [0.05, 0.1) is 10.5 Å². The van der Waals surface area contributed by atoms with Crippen LogP contribution in [0, 0.1) is 16.0 Å². The summed E-state index contributed by atoms with van der Waals surface area (Å²) >= 11 is 0. The molecule has 0 spiro atoms. The number of halogens is 6. The Balaban J connectivity index is 0.000000572. The van der Waals surface area contributed by atoms with Gasteiger partial charge in [0.2, 0.25) is 0 Å². The van der Waals surface area contributed by atoms with E-state index in [-0.39, 0.29) is 5.69 Å². The van der Waals surface area contributed by atoms with E-state index in [9.17, 15) is 36.5 Å². The quantitative estimate of drug-likeness (QED) is 0.294. The Morgan fingerprint density at radius 1 is 1.03 bits per heavy atom. The van der Waals surface area contributed by atoms with Gasteiger partial charge in [-0.3, -0.25) is 15.0 Å². The van der Waals surface area contributed by atoms with Crippen LogP contribution < -0.4 is 5.32 Å². The first-order chi connectivity index (χ1) is 16.8. The van der Waals surface area contributed by atoms with Gasteiger partial charge in [-0.1, -0.05) is 24.3 Å². The zero-order valence-corrected chi connectivity index (χ0v) is 19.0. The summed E-state index contributed by atoms with van der Waals surface area (Å²) in [5.41, 5.74) is 1.26. The van der Waals surface area contributed by atoms with Gasteiger partial charge in [-0.25, -0.2) is 4.79 Å². The number of nitro groups is 1. The fraction of sp³-hybridized carbons (Fsp3) is 0.435. The predicted octanol–water partition coefficient (Wildman–Crippen LogP) is 5.25. The largest absolute Gasteiger partial charge is 0.490 e. The number of hydrogen-bond acceptors (Lipinski definition) is 5. The number of non-ortho nitro benzene ring substituents is 1. The van der Waals surface area contributed by atoms with E-state index >= 15 is 0 Å². The fourth-order valence-corrected chi connectivity index (χ4v) is 3.61. The molecule has 0 bridgehead atoms. The summed E-state index contributed by atoms with van der Waals surface area (Å²) in [6.07, 6.45) is -7.35. The highest BCUT2D eigenvalue weighted by molar-refractivity contribution is 5.73. The van der Waals surface area contributed by atoms with E-state index in [1.54, 1.807) is 24.3 Å². The lowest BCUT2D eigenvalue weighted by atomic mass is 9.96. The summed E-state index contributed by atoms with van der Waals surface area (Å²) in [6.45, 7) is 3.91. The minimum atomic E-state index is -5.08. The number of aliphatic carboxylic acids is 1. The van der Waals surface area contributed by atoms with Gasteiger partial charge in [0.1, 0.15) is 0 Å². The van der Waals surface area contributed by atoms with Crippen LogP contribution in [0.2, 0.25) is 0 Å². The Hall–Kier alpha value is -3.19. The summed E-state index contributed by atoms with van der Waals surface area (Å²) in [4.78, 5) is 21.6. The first-order valence-electron chi connectivity index (χ1n) is 10.9. The molecule has 0 unspecified atom stereocenters. The predicted molar refractivity (Wildman–Crippen MR) is 118 cm³/mol. The van der Waals surface area contributed by atoms with Crippen LogP contribution in [-0.2, 0) is 24.1 Å². The minimum Gasteiger partial charge on any atom is -0.475 e. The summed E-state index contributed by atoms with van der Waals surface area (Å²) < 4.78 is 69.7. The highest BCUT2D eigenvalue weighted by Gasteiger charge is 2.38. The molecule has 2 aromatic rings. The minimum absolute atomic E-state index is 0.0980. The molecule has 0 aliphatic carbocycles. The van der Waals surface area contributed by atoms with Crippen molar-refractivity contribution in [3.63, 3.8) is 0 Å². The van der Waals surface area contributed by atoms with E-state index in [1.807, 2.05) is 6.07 Å². The van der Waals surface area contributed by atoms with Crippen LogP contribution >= 0.6 is 0 Å². The van der Waals surface area contributed by atoms with Crippen molar-refractivity contribution in [2.24, 2.45) is 5.92 Å². The lowest BCUT2D eigenvalue weighted by Crippen LogP contribution is -2.36. The van der Waals surface area contributed by atoms with E-state index in [0.717, 1.165) is 55.7 Å². The molecular weight excluding hydrogens is 496 g/mol. The van der Waals surface area contributed by atoms with Gasteiger partial charge in [-0.05, 0) is 61.7 Å². The Morgan fingerprint density at radius 3 is 2.11 bits per heavy atom. The first kappa shape index (κ1) is 29.0. The molecule has 1 saturated heterocycles. The third-order valence-electron chi connectivity index (χ3n) is 5.52. The topological polar surface area (TPSA) is 95.7 Å². The second kappa shape index (κ2) is 12.7. The molecule has 13 heteroatoms. The number of alkyl halides is 6. The van der Waals surface area contributed by atoms with Crippen molar-refractivity contribution >= 4 is 11.7 Å². The number of hydrogen-bond donors (Lipinski definition) is 2. The Bertz CT molecular complexity index is 1000. The Morgan fingerprint density at radius 2 is 1.61 bits per heavy atom. The van der Waals surface area contributed by atoms with Gasteiger partial charge >= 0.3 is 18.3 Å². The van der Waals surface area contributed by atoms with E-state index in [0.29, 0.717) is 19.0 Å². The maximum Gasteiger partial charge on any atom is 0.490 e. The monoisotopic (exact) mass is 521 g/mol. The van der Waals surface area contributed by atoms with E-state index in [4.69, 9.17) is 9.90 Å². The molecule has 1 aliphatic heterocycles. The van der Waals surface area contributed by atoms with Gasteiger partial charge in [0.25, 0.3) is 5.69 Å². The maximum atomic E-state index is 12.6. The molecule has 36 heavy (non-hydrogen) atoms. The fourth-order valence-electron chi connectivity index (χ4n) is 3.61. The number of carboxylic acids is 1. The third kappa shape index (κ3) is 9.82. The molecule has 198 valence electrons. The number of carbonyl (C=O) groups is 1. The molecule has 1 fully saturated rings. The summed E-state index contributed by atoms with van der Waals surface area (Å²) in [6, 6.07) is 12.0. The average molecular weight is 521 g/mol. The lowest BCUT2D eigenvalue weighted by Gasteiger charge is -2.32. The van der Waals surface area contributed by atoms with E-state index in [1.165, 1.54) is 6.07 Å². The molecule has 1 heterocycles. The van der Waals surface area contributed by atoms with Crippen LogP contribution in [0.4, 0.5) is 32.0 Å². The molecule has 1 aliphatic rings. The van der Waals surface area contributed by atoms with Crippen LogP contribution in [0.1, 0.15) is 29.5 Å². The van der Waals surface area contributed by atoms with Crippen molar-refractivity contribution < 1.29 is 41.2 Å². The highest BCUT2D eigenvalue weighted by atomic mass is 19.4. The summed E-state index contributed by atoms with van der Waals surface area (Å²) in [7, 11) is 0. The average Bonchev–Trinajstić information content (AvgIpc) is 2.80. The summed E-state index contributed by atoms with van der Waals surface area (Å²) in [5, 5.41) is 21.3. The molecule has 3 rings (SSSR count). The number of likely N-dealkylation sites (tertiary alicyclic amines) is 1. The van der Waals surface area contributed by atoms with Crippen molar-refractivity contribution in [3.05, 3.63) is 75.3 Å². The standard InChI is InChI=1S/C21H24F3N3O2.C2HF3O2/c22-21(23,24)19-6-4-17(5-7-19)15-26-10-8-16(9-11-26)13-25-14-18-2-1-3-20(12-18)27(28)29;3-2(4,5)1(6)7/h1-7,12,16,25H,8-11,13-15H2;(H,6,7). The van der Waals surface area contributed by atoms with Crippen molar-refractivity contribution in [1.29, 1.82) is 0 Å². The zero-order chi connectivity index (χ0) is 26.9. The van der Waals surface area contributed by atoms with Crippen LogP contribution in [0.5, 0.6) is 0 Å². The molecule has 2 aromatic carbocycles. The number of benzene rings is 2. The smallest absolute Gasteiger partial charge is 0.475 e. The number of nitro benzene ring substituents is 1. The number of nitrogens with zero attached hydrogens (tertiary/aromatic N) is 2. The highest BCUT2D eigenvalue weighted by Crippen LogP contribution is 2.29. The molecule has 0 atom stereocenters. The SMILES string of the molecule is O=C(O)C(F)(F)F.O=[N+]([O-])c1cccc(CNCC2CCN(Cc3ccc(C(F)(F)F)cc3)CC2)c1. The van der Waals surface area contributed by atoms with Gasteiger partial charge in [0.15, 0.2) is 0 Å². The number of piperidine rings is 1. The second-order valence-corrected chi connectivity index (χ2v) is 8.28. The molecule has 0 saturated carbocycles. The van der Waals surface area contributed by atoms with Crippen molar-refractivity contribution in [2.75, 3.05) is 19.6 Å². The van der Waals surface area contributed by atoms with Crippen molar-refractivity contribution in [2.45, 2.75) is 38.3 Å². The van der Waals surface area contributed by atoms with Crippen LogP contribution in [0.25, 0.3) is 0 Å². The third-order valence-corrected chi connectivity index (χ3v) is 5.52. The molecule has 0 radical (unpaired) electrons. The maximum absolute atomic E-state index is 12.6. The van der Waals surface area contributed by atoms with Crippen LogP contribution in [0.15, 0.2) is 48.5 Å². The molecule has 2 N–H and O–H groups in total. The molecule has 0 aromatic heterocycles. The van der Waals surface area contributed by atoms with Gasteiger partial charge in [-0.2, -0.15) is 26.3 Å². The number of carboxylic acid groups (broad SMARTS) is 1. The number of rotatable bonds is 7. The Kier molecular flexibility index (Phi) is 10.2. The molecule has 7 nitrogen and oxygen atoms in total. The van der Waals surface area contributed by atoms with Crippen LogP contribution in [0.3, 0.4) is 0 Å². The lowest BCUT2D eigenvalue weighted by molar-refractivity contribution is -0.384. The van der Waals surface area contributed by atoms with Crippen LogP contribution in [-0.4, -0.2) is 46.7 Å². The molecule has 0 amide bonds. The van der Waals surface area contributed by atoms with E-state index in [2.05, 4.69) is 10.2 Å². The molecular formula is C23H25F6N3O4. The van der Waals surface area contributed by atoms with Gasteiger partial charge in [0, 0.05) is 25.2 Å².